The molecule has 3 N–H and O–H groups in total. The van der Waals surface area contributed by atoms with Gasteiger partial charge in [-0.3, -0.25) is 9.59 Å². The van der Waals surface area contributed by atoms with Crippen LogP contribution in [0, 0.1) is 6.92 Å². The number of hydrogen-bond donors (Lipinski definition) is 2. The molecular weight excluding hydrogens is 284 g/mol. The van der Waals surface area contributed by atoms with Gasteiger partial charge in [0.05, 0.1) is 6.04 Å². The second-order valence-corrected chi connectivity index (χ2v) is 4.92. The SMILES string of the molecule is Cc1ccc([C@@H](C)NC(=O)c2ccc(OCC(N)=O)cc2)o1. The summed E-state index contributed by atoms with van der Waals surface area (Å²) in [4.78, 5) is 22.8. The van der Waals surface area contributed by atoms with Crippen molar-refractivity contribution in [2.24, 2.45) is 5.73 Å². The lowest BCUT2D eigenvalue weighted by molar-refractivity contribution is -0.119. The van der Waals surface area contributed by atoms with Gasteiger partial charge in [0.25, 0.3) is 11.8 Å². The van der Waals surface area contributed by atoms with Gasteiger partial charge in [0.1, 0.15) is 17.3 Å². The average molecular weight is 302 g/mol. The van der Waals surface area contributed by atoms with Crippen LogP contribution in [0.4, 0.5) is 0 Å². The van der Waals surface area contributed by atoms with E-state index >= 15 is 0 Å². The van der Waals surface area contributed by atoms with Gasteiger partial charge in [-0.1, -0.05) is 0 Å². The van der Waals surface area contributed by atoms with Crippen molar-refractivity contribution >= 4 is 11.8 Å². The zero-order valence-electron chi connectivity index (χ0n) is 12.5. The predicted octanol–water partition coefficient (Wildman–Crippen LogP) is 1.94. The molecule has 6 heteroatoms. The smallest absolute Gasteiger partial charge is 0.255 e. The number of rotatable bonds is 6. The third-order valence-corrected chi connectivity index (χ3v) is 3.03. The monoisotopic (exact) mass is 302 g/mol. The number of ether oxygens (including phenoxy) is 1. The van der Waals surface area contributed by atoms with Gasteiger partial charge in [-0.25, -0.2) is 0 Å². The van der Waals surface area contributed by atoms with Crippen molar-refractivity contribution in [1.29, 1.82) is 0 Å². The topological polar surface area (TPSA) is 94.6 Å². The highest BCUT2D eigenvalue weighted by atomic mass is 16.5. The van der Waals surface area contributed by atoms with E-state index in [-0.39, 0.29) is 18.6 Å². The van der Waals surface area contributed by atoms with Gasteiger partial charge >= 0.3 is 0 Å². The van der Waals surface area contributed by atoms with Crippen LogP contribution >= 0.6 is 0 Å². The second kappa shape index (κ2) is 6.80. The Bertz CT molecular complexity index is 661. The molecule has 2 aromatic rings. The quantitative estimate of drug-likeness (QED) is 0.852. The van der Waals surface area contributed by atoms with Crippen molar-refractivity contribution in [3.8, 4) is 5.75 Å². The summed E-state index contributed by atoms with van der Waals surface area (Å²) < 4.78 is 10.6. The largest absolute Gasteiger partial charge is 0.484 e. The number of carbonyl (C=O) groups is 2. The van der Waals surface area contributed by atoms with E-state index in [9.17, 15) is 9.59 Å². The Morgan fingerprint density at radius 1 is 1.23 bits per heavy atom. The molecule has 0 aliphatic heterocycles. The van der Waals surface area contributed by atoms with Crippen LogP contribution in [0.25, 0.3) is 0 Å². The lowest BCUT2D eigenvalue weighted by Crippen LogP contribution is -2.26. The van der Waals surface area contributed by atoms with Gasteiger partial charge in [0, 0.05) is 5.56 Å². The first kappa shape index (κ1) is 15.6. The molecule has 22 heavy (non-hydrogen) atoms. The third kappa shape index (κ3) is 4.12. The molecule has 6 nitrogen and oxygen atoms in total. The van der Waals surface area contributed by atoms with E-state index in [2.05, 4.69) is 5.32 Å². The summed E-state index contributed by atoms with van der Waals surface area (Å²) in [6.07, 6.45) is 0. The summed E-state index contributed by atoms with van der Waals surface area (Å²) in [5.41, 5.74) is 5.48. The van der Waals surface area contributed by atoms with Crippen molar-refractivity contribution in [2.75, 3.05) is 6.61 Å². The number of carbonyl (C=O) groups excluding carboxylic acids is 2. The Morgan fingerprint density at radius 3 is 2.45 bits per heavy atom. The normalized spacial score (nSPS) is 11.7. The zero-order valence-corrected chi connectivity index (χ0v) is 12.5. The minimum absolute atomic E-state index is 0.194. The Hall–Kier alpha value is -2.76. The molecule has 2 rings (SSSR count). The molecule has 0 saturated carbocycles. The molecule has 2 amide bonds. The number of nitrogens with one attached hydrogen (secondary N) is 1. The Kier molecular flexibility index (Phi) is 4.83. The molecule has 0 unspecified atom stereocenters. The standard InChI is InChI=1S/C16H18N2O4/c1-10-3-8-14(22-10)11(2)18-16(20)12-4-6-13(7-5-12)21-9-15(17)19/h3-8,11H,9H2,1-2H3,(H2,17,19)(H,18,20)/t11-/m1/s1. The van der Waals surface area contributed by atoms with Crippen molar-refractivity contribution in [3.05, 3.63) is 53.5 Å². The van der Waals surface area contributed by atoms with Crippen LogP contribution in [0.15, 0.2) is 40.8 Å². The zero-order chi connectivity index (χ0) is 16.1. The highest BCUT2D eigenvalue weighted by Crippen LogP contribution is 2.17. The maximum atomic E-state index is 12.1. The third-order valence-electron chi connectivity index (χ3n) is 3.03. The minimum atomic E-state index is -0.551. The van der Waals surface area contributed by atoms with Gasteiger partial charge in [-0.15, -0.1) is 0 Å². The molecule has 0 radical (unpaired) electrons. The van der Waals surface area contributed by atoms with E-state index in [0.29, 0.717) is 17.1 Å². The van der Waals surface area contributed by atoms with Gasteiger partial charge < -0.3 is 20.2 Å². The first-order valence-electron chi connectivity index (χ1n) is 6.84. The summed E-state index contributed by atoms with van der Waals surface area (Å²) in [6.45, 7) is 3.50. The molecule has 0 saturated heterocycles. The summed E-state index contributed by atoms with van der Waals surface area (Å²) in [5.74, 6) is 1.21. The first-order valence-corrected chi connectivity index (χ1v) is 6.84. The highest BCUT2D eigenvalue weighted by molar-refractivity contribution is 5.94. The first-order chi connectivity index (χ1) is 10.5. The van der Waals surface area contributed by atoms with Crippen LogP contribution in [0.2, 0.25) is 0 Å². The maximum Gasteiger partial charge on any atom is 0.255 e. The Morgan fingerprint density at radius 2 is 1.91 bits per heavy atom. The number of hydrogen-bond acceptors (Lipinski definition) is 4. The van der Waals surface area contributed by atoms with E-state index < -0.39 is 5.91 Å². The number of benzene rings is 1. The predicted molar refractivity (Wildman–Crippen MR) is 80.5 cm³/mol. The summed E-state index contributed by atoms with van der Waals surface area (Å²) in [7, 11) is 0. The molecule has 0 fully saturated rings. The molecule has 0 aliphatic rings. The summed E-state index contributed by atoms with van der Waals surface area (Å²) >= 11 is 0. The van der Waals surface area contributed by atoms with Crippen molar-refractivity contribution in [1.82, 2.24) is 5.32 Å². The number of nitrogens with two attached hydrogens (primary N) is 1. The van der Waals surface area contributed by atoms with Crippen molar-refractivity contribution in [2.45, 2.75) is 19.9 Å². The highest BCUT2D eigenvalue weighted by Gasteiger charge is 2.14. The molecule has 1 aromatic heterocycles. The molecular formula is C16H18N2O4. The molecule has 1 atom stereocenters. The fourth-order valence-electron chi connectivity index (χ4n) is 1.89. The second-order valence-electron chi connectivity index (χ2n) is 4.92. The Labute approximate surface area is 128 Å². The van der Waals surface area contributed by atoms with E-state index in [1.807, 2.05) is 26.0 Å². The fraction of sp³-hybridized carbons (Fsp3) is 0.250. The number of primary amides is 1. The molecule has 1 heterocycles. The summed E-state index contributed by atoms with van der Waals surface area (Å²) in [6, 6.07) is 9.91. The van der Waals surface area contributed by atoms with E-state index in [1.165, 1.54) is 0 Å². The molecule has 0 bridgehead atoms. The van der Waals surface area contributed by atoms with Crippen LogP contribution in [-0.4, -0.2) is 18.4 Å². The van der Waals surface area contributed by atoms with E-state index in [1.54, 1.807) is 24.3 Å². The molecule has 0 spiro atoms. The summed E-state index contributed by atoms with van der Waals surface area (Å²) in [5, 5.41) is 2.85. The van der Waals surface area contributed by atoms with Crippen LogP contribution in [0.5, 0.6) is 5.75 Å². The van der Waals surface area contributed by atoms with Gasteiger partial charge in [0.2, 0.25) is 0 Å². The Balaban J connectivity index is 1.96. The van der Waals surface area contributed by atoms with Crippen molar-refractivity contribution in [3.63, 3.8) is 0 Å². The van der Waals surface area contributed by atoms with E-state index in [0.717, 1.165) is 5.76 Å². The maximum absolute atomic E-state index is 12.1. The van der Waals surface area contributed by atoms with Crippen molar-refractivity contribution < 1.29 is 18.7 Å². The van der Waals surface area contributed by atoms with Gasteiger partial charge in [-0.05, 0) is 50.2 Å². The molecule has 0 aliphatic carbocycles. The minimum Gasteiger partial charge on any atom is -0.484 e. The van der Waals surface area contributed by atoms with Crippen LogP contribution in [-0.2, 0) is 4.79 Å². The van der Waals surface area contributed by atoms with Crippen LogP contribution < -0.4 is 15.8 Å². The molecule has 116 valence electrons. The average Bonchev–Trinajstić information content (AvgIpc) is 2.92. The molecule has 1 aromatic carbocycles. The lowest BCUT2D eigenvalue weighted by Gasteiger charge is -2.12. The fourth-order valence-corrected chi connectivity index (χ4v) is 1.89. The van der Waals surface area contributed by atoms with Gasteiger partial charge in [0.15, 0.2) is 6.61 Å². The lowest BCUT2D eigenvalue weighted by atomic mass is 10.2. The van der Waals surface area contributed by atoms with Gasteiger partial charge in [-0.2, -0.15) is 0 Å². The number of furan rings is 1. The van der Waals surface area contributed by atoms with E-state index in [4.69, 9.17) is 14.9 Å². The number of aryl methyl sites for hydroxylation is 1. The van der Waals surface area contributed by atoms with Crippen LogP contribution in [0.1, 0.15) is 34.8 Å². The van der Waals surface area contributed by atoms with Crippen LogP contribution in [0.3, 0.4) is 0 Å². The number of amides is 2.